The van der Waals surface area contributed by atoms with Gasteiger partial charge in [0.25, 0.3) is 0 Å². The lowest BCUT2D eigenvalue weighted by Gasteiger charge is -2.27. The Morgan fingerprint density at radius 2 is 2.25 bits per heavy atom. The molecule has 1 aromatic carbocycles. The number of hydrogen-bond acceptors (Lipinski definition) is 4. The molecule has 0 saturated heterocycles. The molecule has 0 aliphatic heterocycles. The second kappa shape index (κ2) is 6.48. The van der Waals surface area contributed by atoms with Gasteiger partial charge in [-0.25, -0.2) is 4.98 Å². The van der Waals surface area contributed by atoms with Gasteiger partial charge in [-0.3, -0.25) is 0 Å². The van der Waals surface area contributed by atoms with Crippen LogP contribution in [0.4, 0.5) is 5.13 Å². The van der Waals surface area contributed by atoms with Crippen molar-refractivity contribution >= 4 is 27.4 Å². The van der Waals surface area contributed by atoms with E-state index in [1.807, 2.05) is 18.3 Å². The zero-order valence-electron chi connectivity index (χ0n) is 14.1. The first-order valence-electron chi connectivity index (χ1n) is 8.60. The largest absolute Gasteiger partial charge is 0.497 e. The summed E-state index contributed by atoms with van der Waals surface area (Å²) in [6, 6.07) is 6.65. The molecule has 1 fully saturated rings. The van der Waals surface area contributed by atoms with Crippen LogP contribution in [0, 0.1) is 5.92 Å². The molecule has 0 amide bonds. The maximum Gasteiger partial charge on any atom is 0.183 e. The van der Waals surface area contributed by atoms with Gasteiger partial charge >= 0.3 is 0 Å². The van der Waals surface area contributed by atoms with Gasteiger partial charge in [0, 0.05) is 34.1 Å². The summed E-state index contributed by atoms with van der Waals surface area (Å²) in [5.74, 6) is 1.69. The molecule has 0 bridgehead atoms. The lowest BCUT2D eigenvalue weighted by atomic mass is 9.87. The minimum absolute atomic E-state index is 0.566. The Morgan fingerprint density at radius 1 is 1.33 bits per heavy atom. The third kappa shape index (κ3) is 3.00. The number of aromatic amines is 1. The van der Waals surface area contributed by atoms with Gasteiger partial charge in [0.1, 0.15) is 5.75 Å². The molecule has 0 spiro atoms. The Labute approximate surface area is 146 Å². The number of methoxy groups -OCH3 is 1. The monoisotopic (exact) mass is 341 g/mol. The van der Waals surface area contributed by atoms with Gasteiger partial charge in [0.05, 0.1) is 12.8 Å². The number of nitrogens with zero attached hydrogens (tertiary/aromatic N) is 1. The summed E-state index contributed by atoms with van der Waals surface area (Å²) < 4.78 is 5.35. The number of thiazole rings is 1. The van der Waals surface area contributed by atoms with Crippen molar-refractivity contribution in [3.63, 3.8) is 0 Å². The number of ether oxygens (including phenoxy) is 1. The van der Waals surface area contributed by atoms with Gasteiger partial charge in [-0.1, -0.05) is 19.8 Å². The second-order valence-corrected chi connectivity index (χ2v) is 7.62. The smallest absolute Gasteiger partial charge is 0.183 e. The van der Waals surface area contributed by atoms with Crippen molar-refractivity contribution in [3.8, 4) is 17.0 Å². The molecule has 126 valence electrons. The van der Waals surface area contributed by atoms with Gasteiger partial charge < -0.3 is 15.0 Å². The van der Waals surface area contributed by atoms with Crippen LogP contribution in [-0.2, 0) is 0 Å². The Bertz CT molecular complexity index is 838. The van der Waals surface area contributed by atoms with Crippen molar-refractivity contribution in [2.75, 3.05) is 12.4 Å². The average molecular weight is 341 g/mol. The van der Waals surface area contributed by atoms with E-state index in [0.29, 0.717) is 6.04 Å². The quantitative estimate of drug-likeness (QED) is 0.678. The van der Waals surface area contributed by atoms with Gasteiger partial charge in [0.2, 0.25) is 0 Å². The lowest BCUT2D eigenvalue weighted by Crippen LogP contribution is -2.26. The minimum atomic E-state index is 0.566. The molecule has 2 N–H and O–H groups in total. The molecule has 1 aliphatic carbocycles. The van der Waals surface area contributed by atoms with Crippen LogP contribution in [0.1, 0.15) is 32.6 Å². The van der Waals surface area contributed by atoms with Crippen molar-refractivity contribution < 1.29 is 4.74 Å². The molecule has 2 aromatic heterocycles. The molecule has 3 aromatic rings. The minimum Gasteiger partial charge on any atom is -0.497 e. The molecule has 4 rings (SSSR count). The highest BCUT2D eigenvalue weighted by Gasteiger charge is 2.20. The van der Waals surface area contributed by atoms with Crippen LogP contribution >= 0.6 is 11.3 Å². The van der Waals surface area contributed by atoms with Crippen molar-refractivity contribution in [2.45, 2.75) is 38.6 Å². The SMILES string of the molecule is COc1ccc2[nH]cc(-c3csc(N[C@H]4CCC[C@H](C)C4)n3)c2c1. The first-order valence-corrected chi connectivity index (χ1v) is 9.48. The van der Waals surface area contributed by atoms with E-state index in [1.165, 1.54) is 25.7 Å². The van der Waals surface area contributed by atoms with Gasteiger partial charge in [-0.15, -0.1) is 11.3 Å². The first-order chi connectivity index (χ1) is 11.7. The predicted octanol–water partition coefficient (Wildman–Crippen LogP) is 5.29. The van der Waals surface area contributed by atoms with Crippen molar-refractivity contribution in [3.05, 3.63) is 29.8 Å². The van der Waals surface area contributed by atoms with E-state index < -0.39 is 0 Å². The summed E-state index contributed by atoms with van der Waals surface area (Å²) in [7, 11) is 1.70. The van der Waals surface area contributed by atoms with E-state index in [1.54, 1.807) is 18.4 Å². The van der Waals surface area contributed by atoms with E-state index in [-0.39, 0.29) is 0 Å². The fraction of sp³-hybridized carbons (Fsp3) is 0.421. The number of nitrogens with one attached hydrogen (secondary N) is 2. The fourth-order valence-corrected chi connectivity index (χ4v) is 4.43. The van der Waals surface area contributed by atoms with E-state index in [0.717, 1.165) is 39.0 Å². The van der Waals surface area contributed by atoms with E-state index in [4.69, 9.17) is 9.72 Å². The van der Waals surface area contributed by atoms with Crippen LogP contribution in [0.2, 0.25) is 0 Å². The summed E-state index contributed by atoms with van der Waals surface area (Å²) in [5, 5.41) is 7.95. The van der Waals surface area contributed by atoms with Gasteiger partial charge in [0.15, 0.2) is 5.13 Å². The third-order valence-corrected chi connectivity index (χ3v) is 5.71. The summed E-state index contributed by atoms with van der Waals surface area (Å²) in [6.07, 6.45) is 7.21. The Hall–Kier alpha value is -2.01. The van der Waals surface area contributed by atoms with E-state index in [2.05, 4.69) is 28.7 Å². The van der Waals surface area contributed by atoms with Crippen LogP contribution < -0.4 is 10.1 Å². The van der Waals surface area contributed by atoms with Gasteiger partial charge in [-0.2, -0.15) is 0 Å². The zero-order chi connectivity index (χ0) is 16.5. The summed E-state index contributed by atoms with van der Waals surface area (Å²) in [4.78, 5) is 8.15. The lowest BCUT2D eigenvalue weighted by molar-refractivity contribution is 0.358. The number of H-pyrrole nitrogens is 1. The van der Waals surface area contributed by atoms with Crippen molar-refractivity contribution in [1.29, 1.82) is 0 Å². The molecule has 5 heteroatoms. The Kier molecular flexibility index (Phi) is 4.19. The van der Waals surface area contributed by atoms with Crippen LogP contribution in [-0.4, -0.2) is 23.1 Å². The van der Waals surface area contributed by atoms with Gasteiger partial charge in [-0.05, 0) is 37.0 Å². The maximum atomic E-state index is 5.35. The normalized spacial score (nSPS) is 21.1. The van der Waals surface area contributed by atoms with E-state index in [9.17, 15) is 0 Å². The summed E-state index contributed by atoms with van der Waals surface area (Å²) in [6.45, 7) is 2.35. The Morgan fingerprint density at radius 3 is 3.08 bits per heavy atom. The van der Waals surface area contributed by atoms with Crippen LogP contribution in [0.25, 0.3) is 22.2 Å². The zero-order valence-corrected chi connectivity index (χ0v) is 15.0. The maximum absolute atomic E-state index is 5.35. The molecule has 24 heavy (non-hydrogen) atoms. The molecule has 4 nitrogen and oxygen atoms in total. The number of aromatic nitrogens is 2. The molecule has 1 aliphatic rings. The Balaban J connectivity index is 1.58. The summed E-state index contributed by atoms with van der Waals surface area (Å²) in [5.41, 5.74) is 3.26. The number of fused-ring (bicyclic) bond motifs is 1. The first kappa shape index (κ1) is 15.5. The molecule has 0 radical (unpaired) electrons. The summed E-state index contributed by atoms with van der Waals surface area (Å²) >= 11 is 1.69. The number of benzene rings is 1. The fourth-order valence-electron chi connectivity index (χ4n) is 3.64. The molecular weight excluding hydrogens is 318 g/mol. The molecule has 1 saturated carbocycles. The highest BCUT2D eigenvalue weighted by molar-refractivity contribution is 7.14. The average Bonchev–Trinajstić information content (AvgIpc) is 3.20. The highest BCUT2D eigenvalue weighted by Crippen LogP contribution is 2.34. The third-order valence-electron chi connectivity index (χ3n) is 4.93. The second-order valence-electron chi connectivity index (χ2n) is 6.76. The van der Waals surface area contributed by atoms with Crippen molar-refractivity contribution in [1.82, 2.24) is 9.97 Å². The van der Waals surface area contributed by atoms with Crippen LogP contribution in [0.15, 0.2) is 29.8 Å². The number of anilines is 1. The van der Waals surface area contributed by atoms with Crippen molar-refractivity contribution in [2.24, 2.45) is 5.92 Å². The standard InChI is InChI=1S/C19H23N3OS/c1-12-4-3-5-13(8-12)21-19-22-18(11-24-19)16-10-20-17-7-6-14(23-2)9-15(16)17/h6-7,9-13,20H,3-5,8H2,1-2H3,(H,21,22)/t12-,13-/m0/s1. The number of hydrogen-bond donors (Lipinski definition) is 2. The predicted molar refractivity (Wildman–Crippen MR) is 101 cm³/mol. The molecule has 0 unspecified atom stereocenters. The highest BCUT2D eigenvalue weighted by atomic mass is 32.1. The molecular formula is C19H23N3OS. The van der Waals surface area contributed by atoms with Crippen LogP contribution in [0.5, 0.6) is 5.75 Å². The molecule has 2 heterocycles. The van der Waals surface area contributed by atoms with Crippen LogP contribution in [0.3, 0.4) is 0 Å². The number of rotatable bonds is 4. The molecule has 2 atom stereocenters. The van der Waals surface area contributed by atoms with E-state index >= 15 is 0 Å². The topological polar surface area (TPSA) is 49.9 Å².